The quantitative estimate of drug-likeness (QED) is 0.580. The monoisotopic (exact) mass is 226 g/mol. The van der Waals surface area contributed by atoms with Crippen molar-refractivity contribution in [2.24, 2.45) is 0 Å². The molecule has 0 bridgehead atoms. The fourth-order valence-electron chi connectivity index (χ4n) is 1.95. The lowest BCUT2D eigenvalue weighted by Crippen LogP contribution is -2.42. The molecular weight excluding hydrogens is 210 g/mol. The number of rotatable bonds is 4. The molecule has 86 valence electrons. The molecule has 0 aliphatic carbocycles. The van der Waals surface area contributed by atoms with Crippen molar-refractivity contribution in [3.63, 3.8) is 0 Å². The Morgan fingerprint density at radius 2 is 1.65 bits per heavy atom. The molecule has 0 saturated carbocycles. The van der Waals surface area contributed by atoms with Gasteiger partial charge in [0.1, 0.15) is 0 Å². The summed E-state index contributed by atoms with van der Waals surface area (Å²) in [5.74, 6) is 0.171. The van der Waals surface area contributed by atoms with E-state index in [-0.39, 0.29) is 11.8 Å². The Morgan fingerprint density at radius 1 is 1.06 bits per heavy atom. The molecule has 0 amide bonds. The van der Waals surface area contributed by atoms with Crippen molar-refractivity contribution in [3.05, 3.63) is 66.5 Å². The summed E-state index contributed by atoms with van der Waals surface area (Å²) in [5.41, 5.74) is 0.774. The number of carbonyl (C=O) groups is 1. The molecule has 1 heterocycles. The van der Waals surface area contributed by atoms with Crippen LogP contribution in [0.4, 0.5) is 0 Å². The molecule has 1 aromatic heterocycles. The predicted octanol–water partition coefficient (Wildman–Crippen LogP) is 2.81. The second-order valence-corrected chi connectivity index (χ2v) is 3.98. The molecule has 0 aliphatic rings. The van der Waals surface area contributed by atoms with Crippen molar-refractivity contribution in [2.45, 2.75) is 19.4 Å². The van der Waals surface area contributed by atoms with Crippen molar-refractivity contribution in [3.8, 4) is 0 Å². The van der Waals surface area contributed by atoms with Crippen molar-refractivity contribution in [2.75, 3.05) is 0 Å². The SMILES string of the molecule is CC[C@@H](C(=O)c1ccccc1)[n+]1ccccc1. The van der Waals surface area contributed by atoms with Crippen LogP contribution in [0.1, 0.15) is 29.7 Å². The first kappa shape index (κ1) is 11.5. The zero-order valence-electron chi connectivity index (χ0n) is 9.91. The molecule has 0 radical (unpaired) electrons. The van der Waals surface area contributed by atoms with Gasteiger partial charge in [0.2, 0.25) is 11.8 Å². The highest BCUT2D eigenvalue weighted by Crippen LogP contribution is 2.12. The van der Waals surface area contributed by atoms with E-state index in [2.05, 4.69) is 0 Å². The van der Waals surface area contributed by atoms with Crippen LogP contribution in [0.15, 0.2) is 60.9 Å². The van der Waals surface area contributed by atoms with Gasteiger partial charge < -0.3 is 0 Å². The van der Waals surface area contributed by atoms with E-state index >= 15 is 0 Å². The van der Waals surface area contributed by atoms with Gasteiger partial charge in [-0.3, -0.25) is 4.79 Å². The summed E-state index contributed by atoms with van der Waals surface area (Å²) in [5, 5.41) is 0. The lowest BCUT2D eigenvalue weighted by atomic mass is 10.0. The molecule has 0 aliphatic heterocycles. The van der Waals surface area contributed by atoms with E-state index in [4.69, 9.17) is 0 Å². The number of Topliss-reactive ketones (excluding diaryl/α,β-unsaturated/α-hetero) is 1. The van der Waals surface area contributed by atoms with E-state index in [1.165, 1.54) is 0 Å². The van der Waals surface area contributed by atoms with E-state index in [0.717, 1.165) is 12.0 Å². The molecule has 0 fully saturated rings. The fourth-order valence-corrected chi connectivity index (χ4v) is 1.95. The van der Waals surface area contributed by atoms with E-state index in [9.17, 15) is 4.79 Å². The fraction of sp³-hybridized carbons (Fsp3) is 0.200. The molecule has 0 unspecified atom stereocenters. The summed E-state index contributed by atoms with van der Waals surface area (Å²) < 4.78 is 1.97. The maximum absolute atomic E-state index is 12.4. The van der Waals surface area contributed by atoms with Crippen LogP contribution in [0.5, 0.6) is 0 Å². The zero-order valence-corrected chi connectivity index (χ0v) is 9.91. The van der Waals surface area contributed by atoms with Gasteiger partial charge in [-0.15, -0.1) is 0 Å². The third-order valence-corrected chi connectivity index (χ3v) is 2.85. The average molecular weight is 226 g/mol. The second kappa shape index (κ2) is 5.39. The lowest BCUT2D eigenvalue weighted by molar-refractivity contribution is -0.708. The minimum Gasteiger partial charge on any atom is -0.287 e. The summed E-state index contributed by atoms with van der Waals surface area (Å²) >= 11 is 0. The number of benzene rings is 1. The largest absolute Gasteiger partial charge is 0.287 e. The van der Waals surface area contributed by atoms with Crippen molar-refractivity contribution < 1.29 is 9.36 Å². The normalized spacial score (nSPS) is 12.1. The number of carbonyl (C=O) groups excluding carboxylic acids is 1. The molecule has 2 rings (SSSR count). The highest BCUT2D eigenvalue weighted by atomic mass is 16.1. The topological polar surface area (TPSA) is 20.9 Å². The molecule has 0 saturated heterocycles. The second-order valence-electron chi connectivity index (χ2n) is 3.98. The number of aromatic nitrogens is 1. The minimum atomic E-state index is -0.112. The summed E-state index contributed by atoms with van der Waals surface area (Å²) in [4.78, 5) is 12.4. The van der Waals surface area contributed by atoms with Crippen molar-refractivity contribution >= 4 is 5.78 Å². The molecule has 1 aromatic carbocycles. The first-order valence-electron chi connectivity index (χ1n) is 5.88. The standard InChI is InChI=1S/C15H16NO/c1-2-14(16-11-7-4-8-12-16)15(17)13-9-5-3-6-10-13/h3-12,14H,2H2,1H3/q+1/t14-/m0/s1. The first-order valence-corrected chi connectivity index (χ1v) is 5.88. The lowest BCUT2D eigenvalue weighted by Gasteiger charge is -2.08. The van der Waals surface area contributed by atoms with Gasteiger partial charge in [0, 0.05) is 24.1 Å². The average Bonchev–Trinajstić information content (AvgIpc) is 2.42. The van der Waals surface area contributed by atoms with Gasteiger partial charge in [0.05, 0.1) is 0 Å². The zero-order chi connectivity index (χ0) is 12.1. The number of ketones is 1. The van der Waals surface area contributed by atoms with Crippen LogP contribution in [0, 0.1) is 0 Å². The third kappa shape index (κ3) is 2.59. The number of hydrogen-bond donors (Lipinski definition) is 0. The van der Waals surface area contributed by atoms with Crippen molar-refractivity contribution in [1.29, 1.82) is 0 Å². The highest BCUT2D eigenvalue weighted by Gasteiger charge is 2.25. The predicted molar refractivity (Wildman–Crippen MR) is 66.7 cm³/mol. The molecule has 17 heavy (non-hydrogen) atoms. The van der Waals surface area contributed by atoms with E-state index in [0.29, 0.717) is 0 Å². The Balaban J connectivity index is 2.29. The molecule has 2 nitrogen and oxygen atoms in total. The van der Waals surface area contributed by atoms with E-state index in [1.807, 2.05) is 72.4 Å². The summed E-state index contributed by atoms with van der Waals surface area (Å²) in [7, 11) is 0. The molecular formula is C15H16NO+. The van der Waals surface area contributed by atoms with Crippen LogP contribution in [0.3, 0.4) is 0 Å². The summed E-state index contributed by atoms with van der Waals surface area (Å²) in [6.45, 7) is 2.03. The van der Waals surface area contributed by atoms with Gasteiger partial charge in [0.15, 0.2) is 12.4 Å². The van der Waals surface area contributed by atoms with Gasteiger partial charge in [0.25, 0.3) is 0 Å². The van der Waals surface area contributed by atoms with Gasteiger partial charge >= 0.3 is 0 Å². The number of hydrogen-bond acceptors (Lipinski definition) is 1. The van der Waals surface area contributed by atoms with Crippen LogP contribution in [0.2, 0.25) is 0 Å². The Hall–Kier alpha value is -1.96. The Kier molecular flexibility index (Phi) is 3.66. The van der Waals surface area contributed by atoms with E-state index in [1.54, 1.807) is 0 Å². The number of pyridine rings is 1. The van der Waals surface area contributed by atoms with Crippen LogP contribution in [-0.4, -0.2) is 5.78 Å². The molecule has 2 heteroatoms. The summed E-state index contributed by atoms with van der Waals surface area (Å²) in [6, 6.07) is 15.2. The molecule has 1 atom stereocenters. The molecule has 2 aromatic rings. The van der Waals surface area contributed by atoms with E-state index < -0.39 is 0 Å². The maximum Gasteiger partial charge on any atom is 0.230 e. The minimum absolute atomic E-state index is 0.112. The Morgan fingerprint density at radius 3 is 2.24 bits per heavy atom. The molecule has 0 spiro atoms. The highest BCUT2D eigenvalue weighted by molar-refractivity contribution is 5.97. The van der Waals surface area contributed by atoms with Crippen LogP contribution < -0.4 is 4.57 Å². The van der Waals surface area contributed by atoms with Gasteiger partial charge in [-0.25, -0.2) is 0 Å². The van der Waals surface area contributed by atoms with Crippen molar-refractivity contribution in [1.82, 2.24) is 0 Å². The van der Waals surface area contributed by atoms with Crippen LogP contribution in [-0.2, 0) is 0 Å². The first-order chi connectivity index (χ1) is 8.33. The Labute approximate surface area is 102 Å². The van der Waals surface area contributed by atoms with Gasteiger partial charge in [-0.05, 0) is 0 Å². The summed E-state index contributed by atoms with van der Waals surface area (Å²) in [6.07, 6.45) is 4.67. The maximum atomic E-state index is 12.4. The number of nitrogens with zero attached hydrogens (tertiary/aromatic N) is 1. The Bertz CT molecular complexity index is 479. The smallest absolute Gasteiger partial charge is 0.230 e. The third-order valence-electron chi connectivity index (χ3n) is 2.85. The van der Waals surface area contributed by atoms with Crippen LogP contribution >= 0.6 is 0 Å². The van der Waals surface area contributed by atoms with Gasteiger partial charge in [-0.1, -0.05) is 43.3 Å². The van der Waals surface area contributed by atoms with Crippen LogP contribution in [0.25, 0.3) is 0 Å². The van der Waals surface area contributed by atoms with Gasteiger partial charge in [-0.2, -0.15) is 4.57 Å². The molecule has 0 N–H and O–H groups in total.